The first-order valence-electron chi connectivity index (χ1n) is 7.87. The zero-order valence-corrected chi connectivity index (χ0v) is 12.8. The molecule has 3 fully saturated rings. The second kappa shape index (κ2) is 4.21. The van der Waals surface area contributed by atoms with Gasteiger partial charge in [0.05, 0.1) is 6.04 Å². The molecule has 1 saturated heterocycles. The van der Waals surface area contributed by atoms with E-state index in [0.29, 0.717) is 22.7 Å². The molecule has 3 atom stereocenters. The summed E-state index contributed by atoms with van der Waals surface area (Å²) in [5.74, 6) is 2.21. The molecule has 1 amide bonds. The lowest BCUT2D eigenvalue weighted by Gasteiger charge is -2.18. The number of nitrogens with one attached hydrogen (secondary N) is 2. The first-order valence-corrected chi connectivity index (χ1v) is 7.87. The number of amides is 1. The average molecular weight is 264 g/mol. The van der Waals surface area contributed by atoms with Crippen molar-refractivity contribution in [1.29, 1.82) is 0 Å². The number of rotatable bonds is 3. The smallest absolute Gasteiger partial charge is 0.237 e. The molecule has 19 heavy (non-hydrogen) atoms. The Bertz CT molecular complexity index is 374. The SMILES string of the molecule is CC1(C)C(CNC(=O)C2NCC3CCCC32)C1(C)C. The number of fused-ring (bicyclic) bond motifs is 1. The second-order valence-electron chi connectivity index (χ2n) is 7.98. The molecule has 3 rings (SSSR count). The number of carbonyl (C=O) groups is 1. The highest BCUT2D eigenvalue weighted by Crippen LogP contribution is 2.67. The van der Waals surface area contributed by atoms with Crippen molar-refractivity contribution < 1.29 is 4.79 Å². The standard InChI is InChI=1S/C16H28N2O/c1-15(2)12(16(15,3)4)9-18-14(19)13-11-7-5-6-10(11)8-17-13/h10-13,17H,5-9H2,1-4H3,(H,18,19). The minimum Gasteiger partial charge on any atom is -0.354 e. The maximum absolute atomic E-state index is 12.4. The van der Waals surface area contributed by atoms with Gasteiger partial charge in [0, 0.05) is 6.54 Å². The van der Waals surface area contributed by atoms with Gasteiger partial charge < -0.3 is 10.6 Å². The Balaban J connectivity index is 1.53. The number of hydrogen-bond donors (Lipinski definition) is 2. The predicted molar refractivity (Wildman–Crippen MR) is 76.7 cm³/mol. The summed E-state index contributed by atoms with van der Waals surface area (Å²) in [6.45, 7) is 11.1. The normalized spacial score (nSPS) is 39.1. The highest BCUT2D eigenvalue weighted by Gasteiger charge is 2.64. The van der Waals surface area contributed by atoms with Crippen LogP contribution < -0.4 is 10.6 Å². The van der Waals surface area contributed by atoms with Gasteiger partial charge in [0.25, 0.3) is 0 Å². The van der Waals surface area contributed by atoms with Crippen LogP contribution in [0.3, 0.4) is 0 Å². The van der Waals surface area contributed by atoms with E-state index in [1.807, 2.05) is 0 Å². The van der Waals surface area contributed by atoms with E-state index in [2.05, 4.69) is 38.3 Å². The fraction of sp³-hybridized carbons (Fsp3) is 0.938. The van der Waals surface area contributed by atoms with Crippen LogP contribution in [-0.2, 0) is 4.79 Å². The van der Waals surface area contributed by atoms with Crippen molar-refractivity contribution in [2.24, 2.45) is 28.6 Å². The number of carbonyl (C=O) groups excluding carboxylic acids is 1. The molecule has 2 N–H and O–H groups in total. The van der Waals surface area contributed by atoms with Gasteiger partial charge in [-0.2, -0.15) is 0 Å². The van der Waals surface area contributed by atoms with Crippen molar-refractivity contribution in [3.8, 4) is 0 Å². The van der Waals surface area contributed by atoms with Gasteiger partial charge in [0.2, 0.25) is 5.91 Å². The van der Waals surface area contributed by atoms with Crippen molar-refractivity contribution in [2.75, 3.05) is 13.1 Å². The van der Waals surface area contributed by atoms with Crippen LogP contribution in [0, 0.1) is 28.6 Å². The maximum Gasteiger partial charge on any atom is 0.237 e. The van der Waals surface area contributed by atoms with Gasteiger partial charge in [-0.1, -0.05) is 34.1 Å². The topological polar surface area (TPSA) is 41.1 Å². The Morgan fingerprint density at radius 2 is 1.89 bits per heavy atom. The Kier molecular flexibility index (Phi) is 2.97. The summed E-state index contributed by atoms with van der Waals surface area (Å²) in [7, 11) is 0. The highest BCUT2D eigenvalue weighted by atomic mass is 16.2. The first-order chi connectivity index (χ1) is 8.85. The van der Waals surface area contributed by atoms with Crippen molar-refractivity contribution in [1.82, 2.24) is 10.6 Å². The zero-order chi connectivity index (χ0) is 13.8. The van der Waals surface area contributed by atoms with Gasteiger partial charge in [-0.25, -0.2) is 0 Å². The number of hydrogen-bond acceptors (Lipinski definition) is 2. The molecule has 0 aromatic rings. The van der Waals surface area contributed by atoms with Gasteiger partial charge >= 0.3 is 0 Å². The van der Waals surface area contributed by atoms with Crippen LogP contribution in [0.25, 0.3) is 0 Å². The van der Waals surface area contributed by atoms with Gasteiger partial charge in [-0.05, 0) is 48.0 Å². The van der Waals surface area contributed by atoms with Crippen LogP contribution in [0.15, 0.2) is 0 Å². The van der Waals surface area contributed by atoms with Crippen LogP contribution in [-0.4, -0.2) is 25.0 Å². The maximum atomic E-state index is 12.4. The molecular formula is C16H28N2O. The van der Waals surface area contributed by atoms with E-state index >= 15 is 0 Å². The summed E-state index contributed by atoms with van der Waals surface area (Å²) < 4.78 is 0. The Labute approximate surface area is 116 Å². The lowest BCUT2D eigenvalue weighted by atomic mass is 9.93. The minimum atomic E-state index is 0.0810. The van der Waals surface area contributed by atoms with Crippen LogP contribution >= 0.6 is 0 Å². The van der Waals surface area contributed by atoms with E-state index in [0.717, 1.165) is 19.0 Å². The second-order valence-corrected chi connectivity index (χ2v) is 7.98. The van der Waals surface area contributed by atoms with Crippen LogP contribution in [0.1, 0.15) is 47.0 Å². The van der Waals surface area contributed by atoms with E-state index < -0.39 is 0 Å². The summed E-state index contributed by atoms with van der Waals surface area (Å²) in [5, 5.41) is 6.64. The first kappa shape index (κ1) is 13.4. The third kappa shape index (κ3) is 1.93. The van der Waals surface area contributed by atoms with Crippen molar-refractivity contribution in [2.45, 2.75) is 53.0 Å². The minimum absolute atomic E-state index is 0.0810. The van der Waals surface area contributed by atoms with E-state index in [-0.39, 0.29) is 11.9 Å². The summed E-state index contributed by atoms with van der Waals surface area (Å²) in [5.41, 5.74) is 0.721. The molecule has 0 bridgehead atoms. The third-order valence-corrected chi connectivity index (χ3v) is 6.83. The van der Waals surface area contributed by atoms with E-state index in [1.165, 1.54) is 19.3 Å². The lowest BCUT2D eigenvalue weighted by Crippen LogP contribution is -2.44. The Hall–Kier alpha value is -0.570. The molecule has 0 radical (unpaired) electrons. The predicted octanol–water partition coefficient (Wildman–Crippen LogP) is 2.17. The molecule has 3 heteroatoms. The lowest BCUT2D eigenvalue weighted by molar-refractivity contribution is -0.123. The fourth-order valence-electron chi connectivity index (χ4n) is 4.63. The molecule has 108 valence electrons. The molecule has 2 saturated carbocycles. The highest BCUT2D eigenvalue weighted by molar-refractivity contribution is 5.82. The summed E-state index contributed by atoms with van der Waals surface area (Å²) in [4.78, 5) is 12.4. The molecule has 1 aliphatic heterocycles. The van der Waals surface area contributed by atoms with Gasteiger partial charge in [-0.15, -0.1) is 0 Å². The average Bonchev–Trinajstić information content (AvgIpc) is 2.75. The summed E-state index contributed by atoms with van der Waals surface area (Å²) in [6.07, 6.45) is 3.85. The van der Waals surface area contributed by atoms with Crippen LogP contribution in [0.4, 0.5) is 0 Å². The molecule has 3 unspecified atom stereocenters. The zero-order valence-electron chi connectivity index (χ0n) is 12.8. The molecule has 1 heterocycles. The monoisotopic (exact) mass is 264 g/mol. The summed E-state index contributed by atoms with van der Waals surface area (Å²) in [6, 6.07) is 0.0810. The molecular weight excluding hydrogens is 236 g/mol. The molecule has 0 spiro atoms. The van der Waals surface area contributed by atoms with Crippen molar-refractivity contribution >= 4 is 5.91 Å². The van der Waals surface area contributed by atoms with Crippen LogP contribution in [0.5, 0.6) is 0 Å². The van der Waals surface area contributed by atoms with Crippen LogP contribution in [0.2, 0.25) is 0 Å². The quantitative estimate of drug-likeness (QED) is 0.820. The Morgan fingerprint density at radius 1 is 1.21 bits per heavy atom. The van der Waals surface area contributed by atoms with Gasteiger partial charge in [0.15, 0.2) is 0 Å². The molecule has 2 aliphatic carbocycles. The van der Waals surface area contributed by atoms with Gasteiger partial charge in [-0.3, -0.25) is 4.79 Å². The largest absolute Gasteiger partial charge is 0.354 e. The van der Waals surface area contributed by atoms with Crippen molar-refractivity contribution in [3.63, 3.8) is 0 Å². The molecule has 0 aromatic heterocycles. The summed E-state index contributed by atoms with van der Waals surface area (Å²) >= 11 is 0. The molecule has 3 aliphatic rings. The molecule has 0 aromatic carbocycles. The van der Waals surface area contributed by atoms with Crippen molar-refractivity contribution in [3.05, 3.63) is 0 Å². The van der Waals surface area contributed by atoms with Gasteiger partial charge in [0.1, 0.15) is 0 Å². The fourth-order valence-corrected chi connectivity index (χ4v) is 4.63. The third-order valence-electron chi connectivity index (χ3n) is 6.83. The Morgan fingerprint density at radius 3 is 2.53 bits per heavy atom. The molecule has 3 nitrogen and oxygen atoms in total. The van der Waals surface area contributed by atoms with E-state index in [4.69, 9.17) is 0 Å². The van der Waals surface area contributed by atoms with E-state index in [1.54, 1.807) is 0 Å². The van der Waals surface area contributed by atoms with E-state index in [9.17, 15) is 4.79 Å².